The standard InChI is InChI=1S/C22H14ClFN2O3/c23-17-7-4-8-18(19(17)24)25-20(27)14-9-10-15-16(11-14)22(29)26(21(15)28)12-13-5-2-1-3-6-13/h1-11H,12H2,(H,25,27). The Balaban J connectivity index is 1.58. The van der Waals surface area contributed by atoms with Crippen LogP contribution >= 0.6 is 11.6 Å². The van der Waals surface area contributed by atoms with Crippen LogP contribution in [0.1, 0.15) is 36.6 Å². The van der Waals surface area contributed by atoms with Gasteiger partial charge in [-0.15, -0.1) is 0 Å². The van der Waals surface area contributed by atoms with Crippen LogP contribution in [0.15, 0.2) is 66.7 Å². The van der Waals surface area contributed by atoms with E-state index in [1.165, 1.54) is 36.4 Å². The minimum absolute atomic E-state index is 0.0731. The second-order valence-corrected chi connectivity index (χ2v) is 6.91. The molecule has 4 rings (SSSR count). The van der Waals surface area contributed by atoms with Crippen molar-refractivity contribution >= 4 is 35.0 Å². The van der Waals surface area contributed by atoms with Gasteiger partial charge in [0.2, 0.25) is 0 Å². The molecule has 0 saturated heterocycles. The van der Waals surface area contributed by atoms with E-state index >= 15 is 0 Å². The minimum Gasteiger partial charge on any atom is -0.319 e. The second-order valence-electron chi connectivity index (χ2n) is 6.50. The zero-order valence-electron chi connectivity index (χ0n) is 15.0. The van der Waals surface area contributed by atoms with Gasteiger partial charge in [0, 0.05) is 5.56 Å². The van der Waals surface area contributed by atoms with Gasteiger partial charge >= 0.3 is 0 Å². The highest BCUT2D eigenvalue weighted by atomic mass is 35.5. The summed E-state index contributed by atoms with van der Waals surface area (Å²) in [5.74, 6) is -2.25. The molecule has 0 aliphatic carbocycles. The van der Waals surface area contributed by atoms with E-state index in [1.54, 1.807) is 0 Å². The molecule has 0 saturated carbocycles. The highest BCUT2D eigenvalue weighted by Crippen LogP contribution is 2.27. The number of halogens is 2. The predicted molar refractivity (Wildman–Crippen MR) is 106 cm³/mol. The molecule has 0 radical (unpaired) electrons. The summed E-state index contributed by atoms with van der Waals surface area (Å²) in [5.41, 5.74) is 1.25. The van der Waals surface area contributed by atoms with Crippen molar-refractivity contribution in [3.05, 3.63) is 99.8 Å². The van der Waals surface area contributed by atoms with Crippen molar-refractivity contribution in [2.75, 3.05) is 5.32 Å². The van der Waals surface area contributed by atoms with Crippen LogP contribution in [0.2, 0.25) is 5.02 Å². The Bertz CT molecular complexity index is 1150. The lowest BCUT2D eigenvalue weighted by atomic mass is 10.1. The molecule has 0 atom stereocenters. The maximum atomic E-state index is 14.0. The van der Waals surface area contributed by atoms with Gasteiger partial charge in [-0.25, -0.2) is 4.39 Å². The lowest BCUT2D eigenvalue weighted by molar-refractivity contribution is 0.0642. The topological polar surface area (TPSA) is 66.5 Å². The Kier molecular flexibility index (Phi) is 4.86. The summed E-state index contributed by atoms with van der Waals surface area (Å²) < 4.78 is 14.0. The van der Waals surface area contributed by atoms with Gasteiger partial charge in [0.1, 0.15) is 0 Å². The van der Waals surface area contributed by atoms with E-state index < -0.39 is 23.5 Å². The SMILES string of the molecule is O=C(Nc1cccc(Cl)c1F)c1ccc2c(c1)C(=O)N(Cc1ccccc1)C2=O. The molecular weight excluding hydrogens is 395 g/mol. The normalized spacial score (nSPS) is 12.8. The number of nitrogens with zero attached hydrogens (tertiary/aromatic N) is 1. The van der Waals surface area contributed by atoms with E-state index in [4.69, 9.17) is 11.6 Å². The molecule has 5 nitrogen and oxygen atoms in total. The number of rotatable bonds is 4. The zero-order valence-corrected chi connectivity index (χ0v) is 15.7. The first-order valence-electron chi connectivity index (χ1n) is 8.75. The molecule has 1 N–H and O–H groups in total. The first-order valence-corrected chi connectivity index (χ1v) is 9.13. The van der Waals surface area contributed by atoms with E-state index in [9.17, 15) is 18.8 Å². The predicted octanol–water partition coefficient (Wildman–Crippen LogP) is 4.53. The number of carbonyl (C=O) groups is 3. The highest BCUT2D eigenvalue weighted by Gasteiger charge is 2.36. The molecular formula is C22H14ClFN2O3. The van der Waals surface area contributed by atoms with Gasteiger partial charge in [-0.05, 0) is 35.9 Å². The molecule has 1 aliphatic heterocycles. The van der Waals surface area contributed by atoms with Crippen molar-refractivity contribution < 1.29 is 18.8 Å². The largest absolute Gasteiger partial charge is 0.319 e. The summed E-state index contributed by atoms with van der Waals surface area (Å²) in [4.78, 5) is 39.0. The Labute approximate surface area is 170 Å². The third kappa shape index (κ3) is 3.50. The molecule has 0 spiro atoms. The first-order chi connectivity index (χ1) is 14.0. The molecule has 7 heteroatoms. The van der Waals surface area contributed by atoms with E-state index in [0.717, 1.165) is 10.5 Å². The summed E-state index contributed by atoms with van der Waals surface area (Å²) in [6, 6.07) is 17.6. The quantitative estimate of drug-likeness (QED) is 0.645. The number of imide groups is 1. The Hall–Kier alpha value is -3.51. The lowest BCUT2D eigenvalue weighted by Gasteiger charge is -2.13. The molecule has 29 heavy (non-hydrogen) atoms. The van der Waals surface area contributed by atoms with E-state index in [0.29, 0.717) is 0 Å². The van der Waals surface area contributed by atoms with Crippen molar-refractivity contribution in [1.82, 2.24) is 4.90 Å². The van der Waals surface area contributed by atoms with Crippen LogP contribution in [0, 0.1) is 5.82 Å². The van der Waals surface area contributed by atoms with Crippen molar-refractivity contribution in [3.63, 3.8) is 0 Å². The monoisotopic (exact) mass is 408 g/mol. The van der Waals surface area contributed by atoms with Crippen molar-refractivity contribution in [2.24, 2.45) is 0 Å². The fourth-order valence-corrected chi connectivity index (χ4v) is 3.31. The van der Waals surface area contributed by atoms with Gasteiger partial charge in [0.05, 0.1) is 28.4 Å². The average molecular weight is 409 g/mol. The molecule has 0 fully saturated rings. The Morgan fingerprint density at radius 2 is 1.66 bits per heavy atom. The fourth-order valence-electron chi connectivity index (χ4n) is 3.14. The van der Waals surface area contributed by atoms with Crippen molar-refractivity contribution in [1.29, 1.82) is 0 Å². The Morgan fingerprint density at radius 1 is 0.931 bits per heavy atom. The molecule has 3 amide bonds. The summed E-state index contributed by atoms with van der Waals surface area (Å²) >= 11 is 5.72. The van der Waals surface area contributed by atoms with Crippen LogP contribution < -0.4 is 5.32 Å². The van der Waals surface area contributed by atoms with Gasteiger partial charge in [-0.2, -0.15) is 0 Å². The third-order valence-electron chi connectivity index (χ3n) is 4.62. The van der Waals surface area contributed by atoms with E-state index in [1.807, 2.05) is 30.3 Å². The van der Waals surface area contributed by atoms with Gasteiger partial charge < -0.3 is 5.32 Å². The molecule has 3 aromatic carbocycles. The maximum absolute atomic E-state index is 14.0. The number of nitrogens with one attached hydrogen (secondary N) is 1. The summed E-state index contributed by atoms with van der Waals surface area (Å²) in [7, 11) is 0. The van der Waals surface area contributed by atoms with Crippen LogP contribution in [-0.4, -0.2) is 22.6 Å². The number of hydrogen-bond acceptors (Lipinski definition) is 3. The third-order valence-corrected chi connectivity index (χ3v) is 4.91. The number of hydrogen-bond donors (Lipinski definition) is 1. The molecule has 144 valence electrons. The van der Waals surface area contributed by atoms with Crippen LogP contribution in [0.3, 0.4) is 0 Å². The van der Waals surface area contributed by atoms with E-state index in [2.05, 4.69) is 5.32 Å². The minimum atomic E-state index is -0.746. The van der Waals surface area contributed by atoms with Gasteiger partial charge in [0.15, 0.2) is 5.82 Å². The second kappa shape index (κ2) is 7.48. The molecule has 1 heterocycles. The molecule has 0 unspecified atom stereocenters. The summed E-state index contributed by atoms with van der Waals surface area (Å²) in [6.07, 6.45) is 0. The fraction of sp³-hybridized carbons (Fsp3) is 0.0455. The molecule has 0 bridgehead atoms. The van der Waals surface area contributed by atoms with Crippen LogP contribution in [0.5, 0.6) is 0 Å². The van der Waals surface area contributed by atoms with Crippen molar-refractivity contribution in [2.45, 2.75) is 6.54 Å². The van der Waals surface area contributed by atoms with Gasteiger partial charge in [-0.3, -0.25) is 19.3 Å². The number of benzene rings is 3. The van der Waals surface area contributed by atoms with Crippen molar-refractivity contribution in [3.8, 4) is 0 Å². The first kappa shape index (κ1) is 18.8. The smallest absolute Gasteiger partial charge is 0.261 e. The summed E-state index contributed by atoms with van der Waals surface area (Å²) in [5, 5.41) is 2.31. The molecule has 1 aliphatic rings. The van der Waals surface area contributed by atoms with Crippen LogP contribution in [0.4, 0.5) is 10.1 Å². The van der Waals surface area contributed by atoms with Gasteiger partial charge in [0.25, 0.3) is 17.7 Å². The highest BCUT2D eigenvalue weighted by molar-refractivity contribution is 6.31. The van der Waals surface area contributed by atoms with E-state index in [-0.39, 0.29) is 33.9 Å². The zero-order chi connectivity index (χ0) is 20.5. The van der Waals surface area contributed by atoms with Crippen LogP contribution in [-0.2, 0) is 6.54 Å². The van der Waals surface area contributed by atoms with Gasteiger partial charge in [-0.1, -0.05) is 48.0 Å². The average Bonchev–Trinajstić information content (AvgIpc) is 2.96. The number of fused-ring (bicyclic) bond motifs is 1. The Morgan fingerprint density at radius 3 is 2.41 bits per heavy atom. The van der Waals surface area contributed by atoms with Crippen LogP contribution in [0.25, 0.3) is 0 Å². The number of anilines is 1. The maximum Gasteiger partial charge on any atom is 0.261 e. The number of carbonyl (C=O) groups excluding carboxylic acids is 3. The molecule has 3 aromatic rings. The lowest BCUT2D eigenvalue weighted by Crippen LogP contribution is -2.29. The molecule has 0 aromatic heterocycles. The number of amides is 3. The summed E-state index contributed by atoms with van der Waals surface area (Å²) in [6.45, 7) is 0.141.